The standard InChI is InChI=1S/C24H29NO2/c1-3-14-25(26)15-12-20(13-16-25)24-22-7-5-4-6-18(22)8-9-19-10-11-21(27-2)17-23(19)24/h4-11,17,20,24H,3,12-16H2,1-2H3. The van der Waals surface area contributed by atoms with Gasteiger partial charge in [0.05, 0.1) is 26.7 Å². The maximum absolute atomic E-state index is 12.9. The van der Waals surface area contributed by atoms with Crippen molar-refractivity contribution >= 4 is 12.2 Å². The molecule has 1 aliphatic carbocycles. The van der Waals surface area contributed by atoms with Gasteiger partial charge in [0, 0.05) is 18.8 Å². The molecule has 142 valence electrons. The first-order valence-electron chi connectivity index (χ1n) is 10.2. The van der Waals surface area contributed by atoms with Crippen LogP contribution in [0.3, 0.4) is 0 Å². The van der Waals surface area contributed by atoms with E-state index in [1.54, 1.807) is 7.11 Å². The van der Waals surface area contributed by atoms with Crippen molar-refractivity contribution in [1.29, 1.82) is 0 Å². The molecule has 1 saturated heterocycles. The summed E-state index contributed by atoms with van der Waals surface area (Å²) in [7, 11) is 1.73. The van der Waals surface area contributed by atoms with E-state index in [9.17, 15) is 5.21 Å². The number of methoxy groups -OCH3 is 1. The Kier molecular flexibility index (Phi) is 5.07. The fraction of sp³-hybridized carbons (Fsp3) is 0.417. The molecule has 0 aromatic heterocycles. The highest BCUT2D eigenvalue weighted by Gasteiger charge is 2.35. The SMILES string of the molecule is CCC[N+]1([O-])CCC(C2c3ccccc3C=Cc3ccc(OC)cc32)CC1. The molecule has 3 heteroatoms. The van der Waals surface area contributed by atoms with Crippen molar-refractivity contribution in [2.24, 2.45) is 5.92 Å². The number of hydrogen-bond acceptors (Lipinski definition) is 2. The summed E-state index contributed by atoms with van der Waals surface area (Å²) in [6, 6.07) is 15.1. The van der Waals surface area contributed by atoms with Crippen LogP contribution in [0, 0.1) is 11.1 Å². The third-order valence-corrected chi connectivity index (χ3v) is 6.32. The van der Waals surface area contributed by atoms with Crippen LogP contribution in [0.15, 0.2) is 42.5 Å². The first-order chi connectivity index (χ1) is 13.1. The van der Waals surface area contributed by atoms with E-state index in [2.05, 4.69) is 55.5 Å². The van der Waals surface area contributed by atoms with Gasteiger partial charge in [0.2, 0.25) is 0 Å². The Morgan fingerprint density at radius 1 is 1.00 bits per heavy atom. The van der Waals surface area contributed by atoms with Crippen molar-refractivity contribution in [2.75, 3.05) is 26.7 Å². The average Bonchev–Trinajstić information content (AvgIpc) is 2.85. The Hall–Kier alpha value is -2.10. The molecule has 2 aromatic carbocycles. The molecule has 0 spiro atoms. The molecular weight excluding hydrogens is 334 g/mol. The molecule has 0 bridgehead atoms. The molecule has 2 aromatic rings. The van der Waals surface area contributed by atoms with Crippen LogP contribution in [0.5, 0.6) is 5.75 Å². The summed E-state index contributed by atoms with van der Waals surface area (Å²) in [6.07, 6.45) is 7.39. The number of fused-ring (bicyclic) bond motifs is 2. The summed E-state index contributed by atoms with van der Waals surface area (Å²) < 4.78 is 5.52. The zero-order valence-corrected chi connectivity index (χ0v) is 16.4. The van der Waals surface area contributed by atoms with Gasteiger partial charge >= 0.3 is 0 Å². The largest absolute Gasteiger partial charge is 0.633 e. The Morgan fingerprint density at radius 3 is 2.41 bits per heavy atom. The van der Waals surface area contributed by atoms with Gasteiger partial charge in [-0.1, -0.05) is 49.4 Å². The predicted molar refractivity (Wildman–Crippen MR) is 111 cm³/mol. The number of rotatable bonds is 4. The van der Waals surface area contributed by atoms with E-state index in [0.29, 0.717) is 11.8 Å². The lowest BCUT2D eigenvalue weighted by Gasteiger charge is -2.48. The Morgan fingerprint density at radius 2 is 1.70 bits per heavy atom. The van der Waals surface area contributed by atoms with Crippen LogP contribution >= 0.6 is 0 Å². The van der Waals surface area contributed by atoms with Crippen molar-refractivity contribution in [3.63, 3.8) is 0 Å². The minimum Gasteiger partial charge on any atom is -0.633 e. The molecule has 4 rings (SSSR count). The molecule has 1 fully saturated rings. The van der Waals surface area contributed by atoms with Crippen molar-refractivity contribution in [1.82, 2.24) is 0 Å². The molecule has 0 N–H and O–H groups in total. The van der Waals surface area contributed by atoms with Gasteiger partial charge < -0.3 is 14.6 Å². The summed E-state index contributed by atoms with van der Waals surface area (Å²) in [5, 5.41) is 12.9. The Balaban J connectivity index is 1.74. The van der Waals surface area contributed by atoms with Crippen LogP contribution in [0.2, 0.25) is 0 Å². The van der Waals surface area contributed by atoms with Crippen LogP contribution in [0.4, 0.5) is 0 Å². The van der Waals surface area contributed by atoms with Gasteiger partial charge in [-0.05, 0) is 46.7 Å². The zero-order chi connectivity index (χ0) is 18.9. The summed E-state index contributed by atoms with van der Waals surface area (Å²) in [4.78, 5) is 0. The van der Waals surface area contributed by atoms with Gasteiger partial charge in [-0.15, -0.1) is 0 Å². The average molecular weight is 364 g/mol. The third-order valence-electron chi connectivity index (χ3n) is 6.32. The second kappa shape index (κ2) is 7.49. The van der Waals surface area contributed by atoms with E-state index in [0.717, 1.165) is 44.6 Å². The quantitative estimate of drug-likeness (QED) is 0.535. The van der Waals surface area contributed by atoms with Crippen LogP contribution < -0.4 is 4.74 Å². The van der Waals surface area contributed by atoms with Gasteiger partial charge in [-0.25, -0.2) is 0 Å². The number of ether oxygens (including phenoxy) is 1. The van der Waals surface area contributed by atoms with Gasteiger partial charge in [-0.2, -0.15) is 0 Å². The normalized spacial score (nSPS) is 26.8. The summed E-state index contributed by atoms with van der Waals surface area (Å²) in [5.74, 6) is 1.72. The highest BCUT2D eigenvalue weighted by molar-refractivity contribution is 5.77. The fourth-order valence-electron chi connectivity index (χ4n) is 4.92. The van der Waals surface area contributed by atoms with Crippen molar-refractivity contribution in [2.45, 2.75) is 32.1 Å². The number of benzene rings is 2. The van der Waals surface area contributed by atoms with E-state index in [-0.39, 0.29) is 4.65 Å². The van der Waals surface area contributed by atoms with Crippen LogP contribution in [0.1, 0.15) is 54.4 Å². The Bertz CT molecular complexity index is 834. The molecule has 0 saturated carbocycles. The number of hydrogen-bond donors (Lipinski definition) is 0. The number of quaternary nitrogens is 1. The van der Waals surface area contributed by atoms with Crippen molar-refractivity contribution in [3.8, 4) is 5.75 Å². The number of hydroxylamine groups is 3. The smallest absolute Gasteiger partial charge is 0.119 e. The van der Waals surface area contributed by atoms with Crippen molar-refractivity contribution in [3.05, 3.63) is 69.9 Å². The molecule has 0 amide bonds. The minimum absolute atomic E-state index is 0.00934. The van der Waals surface area contributed by atoms with E-state index in [1.165, 1.54) is 22.3 Å². The van der Waals surface area contributed by atoms with E-state index >= 15 is 0 Å². The van der Waals surface area contributed by atoms with Crippen LogP contribution in [-0.4, -0.2) is 31.4 Å². The lowest BCUT2D eigenvalue weighted by molar-refractivity contribution is -0.886. The highest BCUT2D eigenvalue weighted by atomic mass is 16.5. The van der Waals surface area contributed by atoms with Crippen LogP contribution in [0.25, 0.3) is 12.2 Å². The van der Waals surface area contributed by atoms with E-state index in [4.69, 9.17) is 4.74 Å². The fourth-order valence-corrected chi connectivity index (χ4v) is 4.92. The summed E-state index contributed by atoms with van der Waals surface area (Å²) >= 11 is 0. The number of nitrogens with zero attached hydrogens (tertiary/aromatic N) is 1. The van der Waals surface area contributed by atoms with Crippen LogP contribution in [-0.2, 0) is 0 Å². The molecule has 1 atom stereocenters. The second-order valence-corrected chi connectivity index (χ2v) is 8.00. The topological polar surface area (TPSA) is 32.3 Å². The van der Waals surface area contributed by atoms with E-state index < -0.39 is 0 Å². The first-order valence-corrected chi connectivity index (χ1v) is 10.2. The number of piperidine rings is 1. The second-order valence-electron chi connectivity index (χ2n) is 8.00. The molecule has 2 aliphatic rings. The maximum atomic E-state index is 12.9. The summed E-state index contributed by atoms with van der Waals surface area (Å²) in [5.41, 5.74) is 5.27. The van der Waals surface area contributed by atoms with Crippen molar-refractivity contribution < 1.29 is 9.38 Å². The van der Waals surface area contributed by atoms with Gasteiger partial charge in [-0.3, -0.25) is 0 Å². The molecule has 1 aliphatic heterocycles. The predicted octanol–water partition coefficient (Wildman–Crippen LogP) is 5.45. The van der Waals surface area contributed by atoms with E-state index in [1.807, 2.05) is 6.07 Å². The molecule has 0 radical (unpaired) electrons. The zero-order valence-electron chi connectivity index (χ0n) is 16.4. The third kappa shape index (κ3) is 3.54. The molecule has 27 heavy (non-hydrogen) atoms. The lowest BCUT2D eigenvalue weighted by Crippen LogP contribution is -2.49. The minimum atomic E-state index is -0.00934. The van der Waals surface area contributed by atoms with Gasteiger partial charge in [0.1, 0.15) is 5.75 Å². The maximum Gasteiger partial charge on any atom is 0.119 e. The van der Waals surface area contributed by atoms with Gasteiger partial charge in [0.25, 0.3) is 0 Å². The molecular formula is C24H29NO2. The summed E-state index contributed by atoms with van der Waals surface area (Å²) in [6.45, 7) is 4.34. The number of likely N-dealkylation sites (tertiary alicyclic amines) is 1. The molecule has 1 unspecified atom stereocenters. The Labute approximate surface area is 162 Å². The lowest BCUT2D eigenvalue weighted by atomic mass is 9.74. The van der Waals surface area contributed by atoms with Gasteiger partial charge in [0.15, 0.2) is 0 Å². The highest BCUT2D eigenvalue weighted by Crippen LogP contribution is 2.44. The molecule has 1 heterocycles. The monoisotopic (exact) mass is 363 g/mol. The first kappa shape index (κ1) is 18.3. The molecule has 3 nitrogen and oxygen atoms in total.